The molecule has 0 aliphatic carbocycles. The summed E-state index contributed by atoms with van der Waals surface area (Å²) in [5.74, 6) is -0.442. The molecule has 1 fully saturated rings. The quantitative estimate of drug-likeness (QED) is 0.510. The predicted octanol–water partition coefficient (Wildman–Crippen LogP) is 1.24. The van der Waals surface area contributed by atoms with Gasteiger partial charge in [-0.1, -0.05) is 19.8 Å². The van der Waals surface area contributed by atoms with Gasteiger partial charge in [-0.2, -0.15) is 0 Å². The highest BCUT2D eigenvalue weighted by Gasteiger charge is 2.34. The van der Waals surface area contributed by atoms with E-state index in [2.05, 4.69) is 6.92 Å². The van der Waals surface area contributed by atoms with E-state index in [1.807, 2.05) is 0 Å². The Balaban J connectivity index is 2.27. The van der Waals surface area contributed by atoms with Gasteiger partial charge in [-0.3, -0.25) is 4.79 Å². The van der Waals surface area contributed by atoms with Crippen LogP contribution in [0.3, 0.4) is 0 Å². The highest BCUT2D eigenvalue weighted by atomic mass is 16.5. The van der Waals surface area contributed by atoms with Crippen molar-refractivity contribution >= 4 is 5.97 Å². The molecule has 4 nitrogen and oxygen atoms in total. The molecule has 0 aromatic rings. The van der Waals surface area contributed by atoms with Crippen LogP contribution in [0.4, 0.5) is 0 Å². The van der Waals surface area contributed by atoms with E-state index in [1.54, 1.807) is 0 Å². The van der Waals surface area contributed by atoms with Gasteiger partial charge in [0.05, 0.1) is 18.6 Å². The van der Waals surface area contributed by atoms with Crippen molar-refractivity contribution in [3.05, 3.63) is 0 Å². The first kappa shape index (κ1) is 13.5. The zero-order valence-electron chi connectivity index (χ0n) is 9.89. The van der Waals surface area contributed by atoms with Gasteiger partial charge in [-0.25, -0.2) is 0 Å². The van der Waals surface area contributed by atoms with Crippen LogP contribution in [0.25, 0.3) is 0 Å². The number of ether oxygens (including phenoxy) is 1. The van der Waals surface area contributed by atoms with Crippen molar-refractivity contribution < 1.29 is 19.7 Å². The molecule has 1 aliphatic rings. The maximum atomic E-state index is 11.5. The number of aliphatic hydroxyl groups excluding tert-OH is 2. The molecular formula is C12H22O4. The Kier molecular flexibility index (Phi) is 5.77. The van der Waals surface area contributed by atoms with Gasteiger partial charge in [0.2, 0.25) is 0 Å². The third-order valence-corrected chi connectivity index (χ3v) is 3.06. The minimum absolute atomic E-state index is 0.0231. The van der Waals surface area contributed by atoms with Gasteiger partial charge in [0.15, 0.2) is 0 Å². The molecule has 0 bridgehead atoms. The zero-order valence-corrected chi connectivity index (χ0v) is 9.89. The van der Waals surface area contributed by atoms with Crippen molar-refractivity contribution in [2.24, 2.45) is 5.92 Å². The Morgan fingerprint density at radius 3 is 2.88 bits per heavy atom. The number of aliphatic hydroxyl groups is 2. The average Bonchev–Trinajstić information content (AvgIpc) is 2.60. The predicted molar refractivity (Wildman–Crippen MR) is 59.8 cm³/mol. The standard InChI is InChI=1S/C12H22O4/c1-2-3-4-5-11-7-9(12(15)16-11)6-10(14)8-13/h9-11,13-14H,2-8H2,1H3. The van der Waals surface area contributed by atoms with Crippen LogP contribution in [0.1, 0.15) is 45.4 Å². The van der Waals surface area contributed by atoms with Crippen LogP contribution in [0.15, 0.2) is 0 Å². The molecule has 3 atom stereocenters. The summed E-state index contributed by atoms with van der Waals surface area (Å²) in [6.07, 6.45) is 4.57. The fourth-order valence-electron chi connectivity index (χ4n) is 2.12. The maximum Gasteiger partial charge on any atom is 0.309 e. The van der Waals surface area contributed by atoms with Crippen LogP contribution < -0.4 is 0 Å². The molecule has 16 heavy (non-hydrogen) atoms. The lowest BCUT2D eigenvalue weighted by molar-refractivity contribution is -0.145. The molecule has 1 aliphatic heterocycles. The van der Waals surface area contributed by atoms with E-state index in [4.69, 9.17) is 9.84 Å². The molecule has 2 N–H and O–H groups in total. The monoisotopic (exact) mass is 230 g/mol. The lowest BCUT2D eigenvalue weighted by Gasteiger charge is -2.09. The normalized spacial score (nSPS) is 26.8. The first-order valence-electron chi connectivity index (χ1n) is 6.16. The van der Waals surface area contributed by atoms with Gasteiger partial charge < -0.3 is 14.9 Å². The Morgan fingerprint density at radius 2 is 2.25 bits per heavy atom. The van der Waals surface area contributed by atoms with E-state index in [0.717, 1.165) is 25.7 Å². The maximum absolute atomic E-state index is 11.5. The van der Waals surface area contributed by atoms with Crippen molar-refractivity contribution in [1.82, 2.24) is 0 Å². The molecule has 1 saturated heterocycles. The van der Waals surface area contributed by atoms with Gasteiger partial charge >= 0.3 is 5.97 Å². The Hall–Kier alpha value is -0.610. The molecule has 0 radical (unpaired) electrons. The lowest BCUT2D eigenvalue weighted by atomic mass is 9.96. The minimum Gasteiger partial charge on any atom is -0.462 e. The van der Waals surface area contributed by atoms with E-state index in [0.29, 0.717) is 12.8 Å². The summed E-state index contributed by atoms with van der Waals surface area (Å²) in [6, 6.07) is 0. The molecular weight excluding hydrogens is 208 g/mol. The number of carbonyl (C=O) groups excluding carboxylic acids is 1. The van der Waals surface area contributed by atoms with Crippen LogP contribution in [0, 0.1) is 5.92 Å². The molecule has 3 unspecified atom stereocenters. The molecule has 1 heterocycles. The van der Waals surface area contributed by atoms with E-state index in [1.165, 1.54) is 0 Å². The summed E-state index contributed by atoms with van der Waals surface area (Å²) in [5, 5.41) is 18.0. The largest absolute Gasteiger partial charge is 0.462 e. The third-order valence-electron chi connectivity index (χ3n) is 3.06. The van der Waals surface area contributed by atoms with Crippen molar-refractivity contribution in [2.45, 2.75) is 57.7 Å². The number of hydrogen-bond acceptors (Lipinski definition) is 4. The Labute approximate surface area is 96.6 Å². The number of rotatable bonds is 7. The number of carbonyl (C=O) groups is 1. The second kappa shape index (κ2) is 6.86. The van der Waals surface area contributed by atoms with E-state index < -0.39 is 6.10 Å². The second-order valence-electron chi connectivity index (χ2n) is 4.56. The van der Waals surface area contributed by atoms with Crippen molar-refractivity contribution in [1.29, 1.82) is 0 Å². The van der Waals surface area contributed by atoms with Gasteiger partial charge in [0, 0.05) is 0 Å². The van der Waals surface area contributed by atoms with Gasteiger partial charge in [0.1, 0.15) is 6.10 Å². The average molecular weight is 230 g/mol. The lowest BCUT2D eigenvalue weighted by Crippen LogP contribution is -2.20. The molecule has 0 spiro atoms. The molecule has 0 aromatic carbocycles. The first-order chi connectivity index (χ1) is 7.67. The first-order valence-corrected chi connectivity index (χ1v) is 6.16. The van der Waals surface area contributed by atoms with Crippen molar-refractivity contribution in [3.8, 4) is 0 Å². The number of cyclic esters (lactones) is 1. The summed E-state index contributed by atoms with van der Waals surface area (Å²) >= 11 is 0. The summed E-state index contributed by atoms with van der Waals surface area (Å²) in [7, 11) is 0. The molecule has 1 rings (SSSR count). The SMILES string of the molecule is CCCCCC1CC(CC(O)CO)C(=O)O1. The minimum atomic E-state index is -0.799. The third kappa shape index (κ3) is 4.10. The van der Waals surface area contributed by atoms with Crippen LogP contribution in [0.5, 0.6) is 0 Å². The molecule has 4 heteroatoms. The topological polar surface area (TPSA) is 66.8 Å². The van der Waals surface area contributed by atoms with Crippen molar-refractivity contribution in [3.63, 3.8) is 0 Å². The highest BCUT2D eigenvalue weighted by molar-refractivity contribution is 5.74. The number of unbranched alkanes of at least 4 members (excludes halogenated alkanes) is 2. The summed E-state index contributed by atoms with van der Waals surface area (Å²) in [5.41, 5.74) is 0. The summed E-state index contributed by atoms with van der Waals surface area (Å²) in [6.45, 7) is 1.85. The van der Waals surface area contributed by atoms with Crippen LogP contribution in [0.2, 0.25) is 0 Å². The van der Waals surface area contributed by atoms with Crippen LogP contribution >= 0.6 is 0 Å². The summed E-state index contributed by atoms with van der Waals surface area (Å²) in [4.78, 5) is 11.5. The van der Waals surface area contributed by atoms with E-state index >= 15 is 0 Å². The Morgan fingerprint density at radius 1 is 1.50 bits per heavy atom. The van der Waals surface area contributed by atoms with Crippen molar-refractivity contribution in [2.75, 3.05) is 6.61 Å². The molecule has 0 aromatic heterocycles. The molecule has 0 saturated carbocycles. The molecule has 0 amide bonds. The number of hydrogen-bond donors (Lipinski definition) is 2. The fourth-order valence-corrected chi connectivity index (χ4v) is 2.12. The van der Waals surface area contributed by atoms with E-state index in [9.17, 15) is 9.90 Å². The molecule has 94 valence electrons. The zero-order chi connectivity index (χ0) is 12.0. The Bertz CT molecular complexity index is 217. The smallest absolute Gasteiger partial charge is 0.309 e. The number of esters is 1. The fraction of sp³-hybridized carbons (Fsp3) is 0.917. The van der Waals surface area contributed by atoms with Gasteiger partial charge in [-0.15, -0.1) is 0 Å². The second-order valence-corrected chi connectivity index (χ2v) is 4.56. The highest BCUT2D eigenvalue weighted by Crippen LogP contribution is 2.28. The van der Waals surface area contributed by atoms with Crippen LogP contribution in [-0.2, 0) is 9.53 Å². The van der Waals surface area contributed by atoms with E-state index in [-0.39, 0.29) is 24.6 Å². The van der Waals surface area contributed by atoms with Crippen LogP contribution in [-0.4, -0.2) is 35.0 Å². The van der Waals surface area contributed by atoms with Gasteiger partial charge in [-0.05, 0) is 25.7 Å². The summed E-state index contributed by atoms with van der Waals surface area (Å²) < 4.78 is 5.23. The van der Waals surface area contributed by atoms with Gasteiger partial charge in [0.25, 0.3) is 0 Å².